The van der Waals surface area contributed by atoms with Crippen LogP contribution in [0.2, 0.25) is 0 Å². The molecular weight excluding hydrogens is 340 g/mol. The van der Waals surface area contributed by atoms with Crippen molar-refractivity contribution in [1.29, 1.82) is 0 Å². The van der Waals surface area contributed by atoms with Crippen molar-refractivity contribution in [3.05, 3.63) is 47.5 Å². The van der Waals surface area contributed by atoms with Crippen molar-refractivity contribution >= 4 is 5.91 Å². The minimum Gasteiger partial charge on any atom is -0.390 e. The van der Waals surface area contributed by atoms with E-state index in [1.165, 1.54) is 11.1 Å². The Bertz CT molecular complexity index is 722. The number of hydrogen-bond acceptors (Lipinski definition) is 4. The lowest BCUT2D eigenvalue weighted by molar-refractivity contribution is -0.127. The van der Waals surface area contributed by atoms with Gasteiger partial charge >= 0.3 is 0 Å². The van der Waals surface area contributed by atoms with Gasteiger partial charge in [0.2, 0.25) is 5.91 Å². The fourth-order valence-corrected chi connectivity index (χ4v) is 3.53. The van der Waals surface area contributed by atoms with Gasteiger partial charge in [0.1, 0.15) is 5.92 Å². The summed E-state index contributed by atoms with van der Waals surface area (Å²) in [5.41, 5.74) is 2.75. The highest BCUT2D eigenvalue weighted by molar-refractivity contribution is 5.83. The zero-order valence-electron chi connectivity index (χ0n) is 15.9. The maximum absolute atomic E-state index is 12.4. The van der Waals surface area contributed by atoms with E-state index in [4.69, 9.17) is 4.74 Å². The maximum atomic E-state index is 12.4. The van der Waals surface area contributed by atoms with Gasteiger partial charge in [-0.1, -0.05) is 36.1 Å². The Morgan fingerprint density at radius 2 is 1.96 bits per heavy atom. The maximum Gasteiger partial charge on any atom is 0.238 e. The average Bonchev–Trinajstić information content (AvgIpc) is 3.07. The number of rotatable bonds is 8. The quantitative estimate of drug-likeness (QED) is 0.603. The molecule has 2 aliphatic rings. The number of carbonyl (C=O) groups is 1. The number of amides is 1. The summed E-state index contributed by atoms with van der Waals surface area (Å²) in [6, 6.07) is 8.77. The number of nitrogens with one attached hydrogen (secondary N) is 2. The van der Waals surface area contributed by atoms with Crippen molar-refractivity contribution in [3.63, 3.8) is 0 Å². The first-order valence-electron chi connectivity index (χ1n) is 9.62. The summed E-state index contributed by atoms with van der Waals surface area (Å²) in [7, 11) is 0. The number of ether oxygens (including phenoxy) is 1. The average molecular weight is 368 g/mol. The highest BCUT2D eigenvalue weighted by Crippen LogP contribution is 2.21. The van der Waals surface area contributed by atoms with Gasteiger partial charge in [0.25, 0.3) is 0 Å². The molecule has 0 heterocycles. The molecule has 0 fully saturated rings. The van der Waals surface area contributed by atoms with Crippen LogP contribution < -0.4 is 10.6 Å². The summed E-state index contributed by atoms with van der Waals surface area (Å²) in [6.07, 6.45) is 4.51. The molecule has 0 aliphatic heterocycles. The van der Waals surface area contributed by atoms with Crippen LogP contribution in [-0.4, -0.2) is 48.5 Å². The normalized spacial score (nSPS) is 22.2. The van der Waals surface area contributed by atoms with E-state index in [0.29, 0.717) is 12.6 Å². The summed E-state index contributed by atoms with van der Waals surface area (Å²) in [5.74, 6) is 5.00. The molecule has 0 saturated carbocycles. The van der Waals surface area contributed by atoms with Crippen LogP contribution in [-0.2, 0) is 22.4 Å². The molecule has 5 heteroatoms. The van der Waals surface area contributed by atoms with Gasteiger partial charge in [-0.3, -0.25) is 4.79 Å². The molecular formula is C22H28N2O3. The van der Waals surface area contributed by atoms with E-state index >= 15 is 0 Å². The number of hydrogen-bond donors (Lipinski definition) is 3. The third kappa shape index (κ3) is 5.43. The zero-order chi connectivity index (χ0) is 19.2. The van der Waals surface area contributed by atoms with Crippen LogP contribution in [0.3, 0.4) is 0 Å². The summed E-state index contributed by atoms with van der Waals surface area (Å²) in [6.45, 7) is 4.51. The molecule has 0 radical (unpaired) electrons. The van der Waals surface area contributed by atoms with E-state index in [0.717, 1.165) is 12.8 Å². The lowest BCUT2D eigenvalue weighted by atomic mass is 9.98. The van der Waals surface area contributed by atoms with E-state index in [2.05, 4.69) is 46.7 Å². The van der Waals surface area contributed by atoms with Crippen molar-refractivity contribution in [1.82, 2.24) is 10.6 Å². The van der Waals surface area contributed by atoms with Crippen LogP contribution in [0.25, 0.3) is 0 Å². The van der Waals surface area contributed by atoms with E-state index in [1.807, 2.05) is 19.9 Å². The van der Waals surface area contributed by atoms with Crippen LogP contribution >= 0.6 is 0 Å². The Hall–Kier alpha value is -2.13. The monoisotopic (exact) mass is 368 g/mol. The molecule has 3 rings (SSSR count). The predicted molar refractivity (Wildman–Crippen MR) is 105 cm³/mol. The van der Waals surface area contributed by atoms with Crippen molar-refractivity contribution in [2.45, 2.75) is 51.0 Å². The Morgan fingerprint density at radius 1 is 1.26 bits per heavy atom. The lowest BCUT2D eigenvalue weighted by Crippen LogP contribution is -2.45. The Labute approximate surface area is 161 Å². The lowest BCUT2D eigenvalue weighted by Gasteiger charge is -2.24. The van der Waals surface area contributed by atoms with Crippen LogP contribution in [0.1, 0.15) is 25.0 Å². The minimum absolute atomic E-state index is 0.0141. The van der Waals surface area contributed by atoms with E-state index < -0.39 is 12.0 Å². The smallest absolute Gasteiger partial charge is 0.238 e. The molecule has 144 valence electrons. The molecule has 0 spiro atoms. The molecule has 0 aromatic heterocycles. The summed E-state index contributed by atoms with van der Waals surface area (Å²) in [5, 5.41) is 16.4. The zero-order valence-corrected chi connectivity index (χ0v) is 15.9. The van der Waals surface area contributed by atoms with Crippen LogP contribution in [0.5, 0.6) is 0 Å². The first kappa shape index (κ1) is 19.6. The van der Waals surface area contributed by atoms with Crippen molar-refractivity contribution in [2.24, 2.45) is 5.92 Å². The van der Waals surface area contributed by atoms with Gasteiger partial charge in [-0.2, -0.15) is 0 Å². The summed E-state index contributed by atoms with van der Waals surface area (Å²) in [4.78, 5) is 12.4. The van der Waals surface area contributed by atoms with E-state index in [1.54, 1.807) is 6.08 Å². The largest absolute Gasteiger partial charge is 0.390 e. The predicted octanol–water partition coefficient (Wildman–Crippen LogP) is 1.20. The number of allylic oxidation sites excluding steroid dienone is 1. The van der Waals surface area contributed by atoms with Crippen molar-refractivity contribution < 1.29 is 14.6 Å². The standard InChI is InChI=1S/C22H28N2O3/c1-15(2)27-21-10-6-5-9-20(21)22(26)24-14-19(25)13-23-18-11-16-7-3-4-8-17(16)12-18/h3-4,6-8,10,15,18-21,23,25H,11-14H2,1-2H3,(H,24,26). The van der Waals surface area contributed by atoms with Crippen molar-refractivity contribution in [2.75, 3.05) is 13.1 Å². The second-order valence-corrected chi connectivity index (χ2v) is 7.46. The molecule has 3 atom stereocenters. The topological polar surface area (TPSA) is 70.6 Å². The van der Waals surface area contributed by atoms with Gasteiger partial charge in [0.05, 0.1) is 18.3 Å². The van der Waals surface area contributed by atoms with Crippen LogP contribution in [0.15, 0.2) is 36.4 Å². The second kappa shape index (κ2) is 9.18. The van der Waals surface area contributed by atoms with E-state index in [-0.39, 0.29) is 24.7 Å². The summed E-state index contributed by atoms with van der Waals surface area (Å²) < 4.78 is 5.75. The fourth-order valence-electron chi connectivity index (χ4n) is 3.53. The molecule has 27 heavy (non-hydrogen) atoms. The van der Waals surface area contributed by atoms with Gasteiger partial charge < -0.3 is 20.5 Å². The highest BCUT2D eigenvalue weighted by atomic mass is 16.5. The first-order chi connectivity index (χ1) is 13.0. The van der Waals surface area contributed by atoms with Gasteiger partial charge in [0.15, 0.2) is 0 Å². The Morgan fingerprint density at radius 3 is 2.63 bits per heavy atom. The molecule has 1 amide bonds. The van der Waals surface area contributed by atoms with E-state index in [9.17, 15) is 9.90 Å². The molecule has 2 aliphatic carbocycles. The van der Waals surface area contributed by atoms with Gasteiger partial charge in [-0.05, 0) is 50.0 Å². The molecule has 5 nitrogen and oxygen atoms in total. The summed E-state index contributed by atoms with van der Waals surface area (Å²) >= 11 is 0. The highest BCUT2D eigenvalue weighted by Gasteiger charge is 2.28. The molecule has 0 saturated heterocycles. The van der Waals surface area contributed by atoms with Crippen molar-refractivity contribution in [3.8, 4) is 11.8 Å². The van der Waals surface area contributed by atoms with Crippen LogP contribution in [0.4, 0.5) is 0 Å². The SMILES string of the molecule is CC(C)OC1C=CC#CC1C(=O)NCC(O)CNC1Cc2ccccc2C1. The number of fused-ring (bicyclic) bond motifs is 1. The molecule has 3 N–H and O–H groups in total. The minimum atomic E-state index is -0.644. The third-order valence-electron chi connectivity index (χ3n) is 4.85. The Kier molecular flexibility index (Phi) is 6.68. The molecule has 0 bridgehead atoms. The first-order valence-corrected chi connectivity index (χ1v) is 9.62. The van der Waals surface area contributed by atoms with Gasteiger partial charge in [0, 0.05) is 19.1 Å². The fraction of sp³-hybridized carbons (Fsp3) is 0.500. The Balaban J connectivity index is 1.40. The molecule has 3 unspecified atom stereocenters. The number of benzene rings is 1. The van der Waals surface area contributed by atoms with Gasteiger partial charge in [-0.25, -0.2) is 0 Å². The number of aliphatic hydroxyl groups is 1. The molecule has 1 aromatic rings. The number of carbonyl (C=O) groups excluding carboxylic acids is 1. The second-order valence-electron chi connectivity index (χ2n) is 7.46. The third-order valence-corrected chi connectivity index (χ3v) is 4.85. The van der Waals surface area contributed by atoms with Crippen LogP contribution in [0, 0.1) is 17.8 Å². The number of aliphatic hydroxyl groups excluding tert-OH is 1. The van der Waals surface area contributed by atoms with Gasteiger partial charge in [-0.15, -0.1) is 0 Å². The molecule has 1 aromatic carbocycles.